The quantitative estimate of drug-likeness (QED) is 0.117. The van der Waals surface area contributed by atoms with Gasteiger partial charge in [0.15, 0.2) is 12.6 Å². The van der Waals surface area contributed by atoms with Gasteiger partial charge in [0.25, 0.3) is 0 Å². The lowest BCUT2D eigenvalue weighted by atomic mass is 9.72. The van der Waals surface area contributed by atoms with Crippen molar-refractivity contribution in [1.29, 1.82) is 0 Å². The number of ether oxygens (including phenoxy) is 6. The minimum Gasteiger partial charge on any atom is -0.459 e. The van der Waals surface area contributed by atoms with E-state index >= 15 is 0 Å². The Morgan fingerprint density at radius 2 is 1.56 bits per heavy atom. The molecule has 324 valence electrons. The van der Waals surface area contributed by atoms with Crippen molar-refractivity contribution in [3.8, 4) is 0 Å². The zero-order valence-electron chi connectivity index (χ0n) is 35.7. The first-order chi connectivity index (χ1) is 25.5. The summed E-state index contributed by atoms with van der Waals surface area (Å²) in [4.78, 5) is 16.2. The van der Waals surface area contributed by atoms with Crippen molar-refractivity contribution in [3.63, 3.8) is 0 Å². The Morgan fingerprint density at radius 1 is 0.927 bits per heavy atom. The van der Waals surface area contributed by atoms with E-state index in [1.807, 2.05) is 32.8 Å². The van der Waals surface area contributed by atoms with Crippen molar-refractivity contribution in [1.82, 2.24) is 10.2 Å². The van der Waals surface area contributed by atoms with Crippen LogP contribution in [-0.4, -0.2) is 166 Å². The molecule has 7 N–H and O–H groups in total. The van der Waals surface area contributed by atoms with E-state index in [9.17, 15) is 35.4 Å². The average molecular weight is 793 g/mol. The van der Waals surface area contributed by atoms with Crippen LogP contribution in [0.2, 0.25) is 0 Å². The molecule has 0 saturated carbocycles. The number of esters is 1. The highest BCUT2D eigenvalue weighted by atomic mass is 16.7. The lowest BCUT2D eigenvalue weighted by Crippen LogP contribution is -2.62. The van der Waals surface area contributed by atoms with E-state index in [2.05, 4.69) is 5.32 Å². The number of methoxy groups -OCH3 is 1. The SMILES string of the molecule is CCC1OC(=O)[C@H](C)C(O[C@H]2C[C@@](C)(OC)[C@@H](O)[C@H](C)O2)[C@H](C)[C@@H](O[C@@H]2O[C@H](C)C[C@H](N(C)C)[C@H]2O)[C@](C)(O)C[C@@H](C)[C@H](NCCCO)[C@H](C)[C@@H](O)[C@]1(C)O. The Labute approximate surface area is 329 Å². The summed E-state index contributed by atoms with van der Waals surface area (Å²) in [6.07, 6.45) is -8.34. The van der Waals surface area contributed by atoms with Crippen LogP contribution in [0.25, 0.3) is 0 Å². The lowest BCUT2D eigenvalue weighted by molar-refractivity contribution is -0.318. The van der Waals surface area contributed by atoms with E-state index in [-0.39, 0.29) is 43.9 Å². The number of hydrogen-bond donors (Lipinski definition) is 7. The Morgan fingerprint density at radius 3 is 2.13 bits per heavy atom. The number of aliphatic hydroxyl groups excluding tert-OH is 4. The number of likely N-dealkylation sites (N-methyl/N-ethyl adjacent to an activating group) is 1. The molecule has 3 aliphatic heterocycles. The predicted octanol–water partition coefficient (Wildman–Crippen LogP) is 1.56. The molecular formula is C40H76N2O13. The van der Waals surface area contributed by atoms with Crippen molar-refractivity contribution in [3.05, 3.63) is 0 Å². The van der Waals surface area contributed by atoms with Crippen LogP contribution in [-0.2, 0) is 33.2 Å². The number of aliphatic hydroxyl groups is 6. The van der Waals surface area contributed by atoms with E-state index in [1.165, 1.54) is 14.0 Å². The third kappa shape index (κ3) is 11.2. The molecule has 0 amide bonds. The fourth-order valence-electron chi connectivity index (χ4n) is 9.34. The van der Waals surface area contributed by atoms with E-state index in [4.69, 9.17) is 28.4 Å². The largest absolute Gasteiger partial charge is 0.459 e. The van der Waals surface area contributed by atoms with Gasteiger partial charge in [-0.3, -0.25) is 4.79 Å². The van der Waals surface area contributed by atoms with E-state index in [0.29, 0.717) is 19.4 Å². The number of carbonyl (C=O) groups is 1. The second-order valence-corrected chi connectivity index (χ2v) is 17.8. The molecule has 0 aromatic carbocycles. The maximum absolute atomic E-state index is 14.3. The molecular weight excluding hydrogens is 716 g/mol. The smallest absolute Gasteiger partial charge is 0.311 e. The average Bonchev–Trinajstić information content (AvgIpc) is 3.11. The van der Waals surface area contributed by atoms with Crippen molar-refractivity contribution in [2.45, 2.75) is 192 Å². The maximum Gasteiger partial charge on any atom is 0.311 e. The predicted molar refractivity (Wildman–Crippen MR) is 205 cm³/mol. The fourth-order valence-corrected chi connectivity index (χ4v) is 9.34. The van der Waals surface area contributed by atoms with Crippen LogP contribution in [0.15, 0.2) is 0 Å². The van der Waals surface area contributed by atoms with Gasteiger partial charge in [-0.05, 0) is 93.8 Å². The number of nitrogens with one attached hydrogen (secondary N) is 1. The zero-order chi connectivity index (χ0) is 41.8. The van der Waals surface area contributed by atoms with Gasteiger partial charge < -0.3 is 69.3 Å². The van der Waals surface area contributed by atoms with Crippen molar-refractivity contribution >= 4 is 5.97 Å². The number of hydrogen-bond acceptors (Lipinski definition) is 15. The molecule has 0 aromatic rings. The molecule has 3 fully saturated rings. The minimum atomic E-state index is -1.87. The van der Waals surface area contributed by atoms with Crippen molar-refractivity contribution in [2.75, 3.05) is 34.4 Å². The van der Waals surface area contributed by atoms with Crippen LogP contribution in [0.5, 0.6) is 0 Å². The molecule has 3 heterocycles. The maximum atomic E-state index is 14.3. The summed E-state index contributed by atoms with van der Waals surface area (Å²) in [5.41, 5.74) is -4.57. The van der Waals surface area contributed by atoms with Gasteiger partial charge in [-0.25, -0.2) is 0 Å². The van der Waals surface area contributed by atoms with E-state index < -0.39 is 102 Å². The molecule has 15 nitrogen and oxygen atoms in total. The standard InChI is InChI=1S/C40H76N2O13/c1-14-28-40(10,49)33(45)23(4)30(41-16-15-17-43)21(2)19-38(8,48)35(55-37-31(44)27(42(11)12)18-22(3)51-37)24(5)32(25(6)36(47)53-28)54-29-20-39(9,50-13)34(46)26(7)52-29/h21-35,37,41,43-46,48-49H,14-20H2,1-13H3/t21-,22-,23+,24+,25-,26+,27+,28?,29+,30+,31-,32?,33-,34+,35-,37+,38-,39-,40-/m1/s1. The highest BCUT2D eigenvalue weighted by molar-refractivity contribution is 5.73. The highest BCUT2D eigenvalue weighted by Crippen LogP contribution is 2.41. The molecule has 0 aromatic heterocycles. The Hall–Kier alpha value is -1.05. The van der Waals surface area contributed by atoms with Gasteiger partial charge in [0.2, 0.25) is 0 Å². The Kier molecular flexibility index (Phi) is 17.4. The van der Waals surface area contributed by atoms with Crippen LogP contribution >= 0.6 is 0 Å². The first-order valence-corrected chi connectivity index (χ1v) is 20.3. The first kappa shape index (κ1) is 48.3. The van der Waals surface area contributed by atoms with Gasteiger partial charge >= 0.3 is 5.97 Å². The van der Waals surface area contributed by atoms with Crippen molar-refractivity contribution < 1.29 is 63.9 Å². The summed E-state index contributed by atoms with van der Waals surface area (Å²) in [5.74, 6) is -3.50. The van der Waals surface area contributed by atoms with Gasteiger partial charge in [-0.1, -0.05) is 27.7 Å². The van der Waals surface area contributed by atoms with Gasteiger partial charge in [0.05, 0.1) is 47.6 Å². The Balaban J connectivity index is 2.22. The third-order valence-electron chi connectivity index (χ3n) is 12.8. The first-order valence-electron chi connectivity index (χ1n) is 20.3. The normalized spacial score (nSPS) is 48.3. The molecule has 0 aliphatic carbocycles. The summed E-state index contributed by atoms with van der Waals surface area (Å²) < 4.78 is 37.7. The molecule has 15 heteroatoms. The zero-order valence-corrected chi connectivity index (χ0v) is 35.7. The summed E-state index contributed by atoms with van der Waals surface area (Å²) in [6, 6.07) is -0.786. The van der Waals surface area contributed by atoms with Gasteiger partial charge in [-0.15, -0.1) is 0 Å². The second kappa shape index (κ2) is 19.8. The Bertz CT molecular complexity index is 1190. The topological polar surface area (TPSA) is 209 Å². The van der Waals surface area contributed by atoms with Crippen molar-refractivity contribution in [2.24, 2.45) is 23.7 Å². The molecule has 55 heavy (non-hydrogen) atoms. The molecule has 2 unspecified atom stereocenters. The number of carbonyl (C=O) groups excluding carboxylic acids is 1. The van der Waals surface area contributed by atoms with E-state index in [0.717, 1.165) is 0 Å². The van der Waals surface area contributed by atoms with Crippen LogP contribution in [0, 0.1) is 23.7 Å². The molecule has 19 atom stereocenters. The number of rotatable bonds is 11. The minimum absolute atomic E-state index is 0.0522. The number of nitrogens with zero attached hydrogens (tertiary/aromatic N) is 1. The summed E-state index contributed by atoms with van der Waals surface area (Å²) in [7, 11) is 5.25. The fraction of sp³-hybridized carbons (Fsp3) is 0.975. The van der Waals surface area contributed by atoms with E-state index in [1.54, 1.807) is 48.5 Å². The van der Waals surface area contributed by atoms with Crippen LogP contribution in [0.4, 0.5) is 0 Å². The molecule has 3 saturated heterocycles. The van der Waals surface area contributed by atoms with Gasteiger partial charge in [-0.2, -0.15) is 0 Å². The molecule has 3 aliphatic rings. The van der Waals surface area contributed by atoms with Crippen LogP contribution in [0.3, 0.4) is 0 Å². The summed E-state index contributed by atoms with van der Waals surface area (Å²) in [5, 5.41) is 72.1. The van der Waals surface area contributed by atoms with Crippen LogP contribution < -0.4 is 5.32 Å². The third-order valence-corrected chi connectivity index (χ3v) is 12.8. The molecule has 0 radical (unpaired) electrons. The molecule has 0 spiro atoms. The highest BCUT2D eigenvalue weighted by Gasteiger charge is 2.53. The number of cyclic esters (lactones) is 1. The van der Waals surface area contributed by atoms with Gasteiger partial charge in [0.1, 0.15) is 23.9 Å². The van der Waals surface area contributed by atoms with Gasteiger partial charge in [0, 0.05) is 44.1 Å². The lowest BCUT2D eigenvalue weighted by Gasteiger charge is -2.49. The molecule has 3 rings (SSSR count). The van der Waals surface area contributed by atoms with Crippen LogP contribution in [0.1, 0.15) is 101 Å². The summed E-state index contributed by atoms with van der Waals surface area (Å²) in [6.45, 7) is 17.8. The monoisotopic (exact) mass is 793 g/mol. The summed E-state index contributed by atoms with van der Waals surface area (Å²) >= 11 is 0. The molecule has 0 bridgehead atoms. The second-order valence-electron chi connectivity index (χ2n) is 17.8.